The average Bonchev–Trinajstić information content (AvgIpc) is 2.96. The number of piperidine rings is 1. The molecule has 2 atom stereocenters. The normalized spacial score (nSPS) is 17.0. The molecule has 0 spiro atoms. The molecule has 2 aromatic carbocycles. The third-order valence-electron chi connectivity index (χ3n) is 6.70. The molecule has 1 aromatic heterocycles. The van der Waals surface area contributed by atoms with Crippen LogP contribution in [-0.4, -0.2) is 43.7 Å². The lowest BCUT2D eigenvalue weighted by atomic mass is 9.89. The number of nitrogens with zero attached hydrogens (tertiary/aromatic N) is 1. The number of aromatic nitrogens is 1. The number of hydrogen-bond donors (Lipinski definition) is 1. The minimum atomic E-state index is -4.35. The van der Waals surface area contributed by atoms with E-state index in [4.69, 9.17) is 4.74 Å². The molecule has 6 nitrogen and oxygen atoms in total. The first kappa shape index (κ1) is 32.6. The van der Waals surface area contributed by atoms with Gasteiger partial charge in [-0.15, -0.1) is 0 Å². The van der Waals surface area contributed by atoms with Gasteiger partial charge in [-0.05, 0) is 73.3 Å². The van der Waals surface area contributed by atoms with E-state index in [0.717, 1.165) is 36.2 Å². The quantitative estimate of drug-likeness (QED) is 0.267. The van der Waals surface area contributed by atoms with E-state index in [-0.39, 0.29) is 17.9 Å². The number of rotatable bonds is 6. The van der Waals surface area contributed by atoms with Gasteiger partial charge in [-0.2, -0.15) is 26.3 Å². The molecule has 0 amide bonds. The van der Waals surface area contributed by atoms with Crippen LogP contribution < -0.4 is 5.32 Å². The maximum atomic E-state index is 12.5. The Morgan fingerprint density at radius 3 is 1.95 bits per heavy atom. The Bertz CT molecular complexity index is 1330. The van der Waals surface area contributed by atoms with E-state index in [0.29, 0.717) is 42.6 Å². The molecule has 0 bridgehead atoms. The number of halogens is 6. The predicted octanol–water partition coefficient (Wildman–Crippen LogP) is 6.27. The van der Waals surface area contributed by atoms with E-state index < -0.39 is 29.4 Å². The lowest BCUT2D eigenvalue weighted by molar-refractivity contribution is -0.146. The van der Waals surface area contributed by atoms with Crippen LogP contribution in [0.25, 0.3) is 0 Å². The highest BCUT2D eigenvalue weighted by molar-refractivity contribution is 5.89. The lowest BCUT2D eigenvalue weighted by Gasteiger charge is -2.29. The SMILES string of the molecule is COC(=O)C1CCNC(Cc2ccc(C(F)(F)F)cc2)C1.COC(=O)c1ccnc(Cc2ccc(C(F)(F)F)cc2)c1. The van der Waals surface area contributed by atoms with Crippen molar-refractivity contribution in [1.82, 2.24) is 10.3 Å². The number of pyridine rings is 1. The molecule has 0 radical (unpaired) electrons. The summed E-state index contributed by atoms with van der Waals surface area (Å²) in [5, 5.41) is 3.29. The third kappa shape index (κ3) is 9.57. The van der Waals surface area contributed by atoms with Crippen LogP contribution in [0.1, 0.15) is 51.1 Å². The topological polar surface area (TPSA) is 77.5 Å². The number of methoxy groups -OCH3 is 2. The van der Waals surface area contributed by atoms with Crippen molar-refractivity contribution < 1.29 is 45.4 Å². The third-order valence-corrected chi connectivity index (χ3v) is 6.70. The Morgan fingerprint density at radius 1 is 0.857 bits per heavy atom. The largest absolute Gasteiger partial charge is 0.469 e. The second-order valence-corrected chi connectivity index (χ2v) is 9.69. The molecular formula is C30H30F6N2O4. The van der Waals surface area contributed by atoms with Gasteiger partial charge in [0.05, 0.1) is 36.8 Å². The van der Waals surface area contributed by atoms with Crippen molar-refractivity contribution in [3.63, 3.8) is 0 Å². The number of carbonyl (C=O) groups excluding carboxylic acids is 2. The highest BCUT2D eigenvalue weighted by Crippen LogP contribution is 2.30. The van der Waals surface area contributed by atoms with Crippen molar-refractivity contribution >= 4 is 11.9 Å². The van der Waals surface area contributed by atoms with Gasteiger partial charge in [0.15, 0.2) is 0 Å². The lowest BCUT2D eigenvalue weighted by Crippen LogP contribution is -2.42. The van der Waals surface area contributed by atoms with Gasteiger partial charge < -0.3 is 14.8 Å². The number of ether oxygens (including phenoxy) is 2. The molecule has 226 valence electrons. The van der Waals surface area contributed by atoms with Crippen LogP contribution in [0.3, 0.4) is 0 Å². The van der Waals surface area contributed by atoms with Crippen molar-refractivity contribution in [1.29, 1.82) is 0 Å². The fraction of sp³-hybridized carbons (Fsp3) is 0.367. The highest BCUT2D eigenvalue weighted by atomic mass is 19.4. The summed E-state index contributed by atoms with van der Waals surface area (Å²) < 4.78 is 84.2. The van der Waals surface area contributed by atoms with Crippen molar-refractivity contribution in [3.05, 3.63) is 100 Å². The summed E-state index contributed by atoms with van der Waals surface area (Å²) in [6.07, 6.45) is -4.87. The molecule has 2 unspecified atom stereocenters. The monoisotopic (exact) mass is 596 g/mol. The van der Waals surface area contributed by atoms with Crippen LogP contribution in [0.5, 0.6) is 0 Å². The molecule has 2 heterocycles. The van der Waals surface area contributed by atoms with Gasteiger partial charge in [0.2, 0.25) is 0 Å². The van der Waals surface area contributed by atoms with Crippen LogP contribution >= 0.6 is 0 Å². The number of carbonyl (C=O) groups is 2. The van der Waals surface area contributed by atoms with Crippen molar-refractivity contribution in [2.45, 2.75) is 44.1 Å². The molecule has 1 aliphatic heterocycles. The maximum Gasteiger partial charge on any atom is 0.416 e. The molecule has 0 aliphatic carbocycles. The molecule has 1 fully saturated rings. The van der Waals surface area contributed by atoms with E-state index >= 15 is 0 Å². The van der Waals surface area contributed by atoms with Crippen LogP contribution in [0, 0.1) is 5.92 Å². The predicted molar refractivity (Wildman–Crippen MR) is 142 cm³/mol. The number of benzene rings is 2. The summed E-state index contributed by atoms with van der Waals surface area (Å²) in [5.41, 5.74) is 1.11. The average molecular weight is 597 g/mol. The van der Waals surface area contributed by atoms with E-state index in [2.05, 4.69) is 15.0 Å². The Morgan fingerprint density at radius 2 is 1.43 bits per heavy atom. The Balaban J connectivity index is 0.000000230. The van der Waals surface area contributed by atoms with Gasteiger partial charge in [0.1, 0.15) is 0 Å². The van der Waals surface area contributed by atoms with E-state index in [9.17, 15) is 35.9 Å². The maximum absolute atomic E-state index is 12.5. The number of alkyl halides is 6. The van der Waals surface area contributed by atoms with Crippen molar-refractivity contribution in [2.75, 3.05) is 20.8 Å². The molecule has 1 aliphatic rings. The smallest absolute Gasteiger partial charge is 0.416 e. The van der Waals surface area contributed by atoms with Gasteiger partial charge in [-0.25, -0.2) is 4.79 Å². The summed E-state index contributed by atoms with van der Waals surface area (Å²) >= 11 is 0. The highest BCUT2D eigenvalue weighted by Gasteiger charge is 2.31. The first-order valence-electron chi connectivity index (χ1n) is 13.0. The molecular weight excluding hydrogens is 566 g/mol. The van der Waals surface area contributed by atoms with Gasteiger partial charge in [-0.3, -0.25) is 9.78 Å². The molecule has 42 heavy (non-hydrogen) atoms. The minimum absolute atomic E-state index is 0.0830. The van der Waals surface area contributed by atoms with E-state index in [1.165, 1.54) is 50.7 Å². The van der Waals surface area contributed by atoms with Crippen molar-refractivity contribution in [2.24, 2.45) is 5.92 Å². The zero-order valence-electron chi connectivity index (χ0n) is 22.9. The molecule has 1 saturated heterocycles. The Kier molecular flexibility index (Phi) is 11.1. The first-order chi connectivity index (χ1) is 19.8. The number of nitrogens with one attached hydrogen (secondary N) is 1. The summed E-state index contributed by atoms with van der Waals surface area (Å²) in [6.45, 7) is 0.713. The summed E-state index contributed by atoms with van der Waals surface area (Å²) in [6, 6.07) is 13.2. The fourth-order valence-electron chi connectivity index (χ4n) is 4.50. The Labute approximate surface area is 239 Å². The van der Waals surface area contributed by atoms with Crippen molar-refractivity contribution in [3.8, 4) is 0 Å². The number of esters is 2. The van der Waals surface area contributed by atoms with E-state index in [1.54, 1.807) is 6.07 Å². The van der Waals surface area contributed by atoms with Gasteiger partial charge >= 0.3 is 24.3 Å². The Hall–Kier alpha value is -3.93. The van der Waals surface area contributed by atoms with Crippen LogP contribution in [0.15, 0.2) is 66.9 Å². The minimum Gasteiger partial charge on any atom is -0.469 e. The standard InChI is InChI=1S/C15H18F3NO2.C15H12F3NO2/c2*1-21-14(20)11-6-7-19-13(9-11)8-10-2-4-12(5-3-10)15(16,17)18/h2-5,11,13,19H,6-9H2,1H3;2-7,9H,8H2,1H3. The van der Waals surface area contributed by atoms with Crippen LogP contribution in [-0.2, 0) is 39.5 Å². The van der Waals surface area contributed by atoms with Gasteiger partial charge in [-0.1, -0.05) is 24.3 Å². The van der Waals surface area contributed by atoms with Crippen LogP contribution in [0.4, 0.5) is 26.3 Å². The molecule has 1 N–H and O–H groups in total. The summed E-state index contributed by atoms with van der Waals surface area (Å²) in [4.78, 5) is 27.0. The molecule has 0 saturated carbocycles. The summed E-state index contributed by atoms with van der Waals surface area (Å²) in [7, 11) is 2.65. The second-order valence-electron chi connectivity index (χ2n) is 9.69. The first-order valence-corrected chi connectivity index (χ1v) is 13.0. The zero-order valence-corrected chi connectivity index (χ0v) is 22.9. The van der Waals surface area contributed by atoms with Crippen LogP contribution in [0.2, 0.25) is 0 Å². The molecule has 3 aromatic rings. The fourth-order valence-corrected chi connectivity index (χ4v) is 4.50. The molecule has 4 rings (SSSR count). The number of hydrogen-bond acceptors (Lipinski definition) is 6. The summed E-state index contributed by atoms with van der Waals surface area (Å²) in [5.74, 6) is -0.823. The van der Waals surface area contributed by atoms with E-state index in [1.807, 2.05) is 0 Å². The van der Waals surface area contributed by atoms with Gasteiger partial charge in [0, 0.05) is 24.4 Å². The second kappa shape index (κ2) is 14.3. The van der Waals surface area contributed by atoms with Gasteiger partial charge in [0.25, 0.3) is 0 Å². The zero-order chi connectivity index (χ0) is 30.9. The molecule has 12 heteroatoms.